The smallest absolute Gasteiger partial charge is 0.307 e. The van der Waals surface area contributed by atoms with Crippen molar-refractivity contribution in [1.82, 2.24) is 0 Å². The largest absolute Gasteiger partial charge is 0.481 e. The zero-order chi connectivity index (χ0) is 14.5. The molecule has 2 rings (SSSR count). The minimum Gasteiger partial charge on any atom is -0.481 e. The van der Waals surface area contributed by atoms with Gasteiger partial charge < -0.3 is 5.11 Å². The standard InChI is InChI=1S/C16H14BrFO2/c17-15-10-14(18)7-6-12(15)9-13(16(19)20)8-11-4-2-1-3-5-11/h1-7,10,13H,8-9H2,(H,19,20). The lowest BCUT2D eigenvalue weighted by Crippen LogP contribution is -2.19. The average molecular weight is 337 g/mol. The molecule has 0 aliphatic rings. The fourth-order valence-electron chi connectivity index (χ4n) is 2.10. The van der Waals surface area contributed by atoms with E-state index in [9.17, 15) is 14.3 Å². The minimum atomic E-state index is -0.843. The van der Waals surface area contributed by atoms with Crippen LogP contribution in [0.15, 0.2) is 53.0 Å². The van der Waals surface area contributed by atoms with Crippen molar-refractivity contribution in [2.24, 2.45) is 5.92 Å². The maximum atomic E-state index is 13.0. The molecule has 0 saturated heterocycles. The van der Waals surface area contributed by atoms with Gasteiger partial charge in [0.15, 0.2) is 0 Å². The molecule has 2 aromatic rings. The molecular weight excluding hydrogens is 323 g/mol. The van der Waals surface area contributed by atoms with E-state index in [1.165, 1.54) is 12.1 Å². The van der Waals surface area contributed by atoms with Gasteiger partial charge in [0.2, 0.25) is 0 Å². The highest BCUT2D eigenvalue weighted by atomic mass is 79.9. The summed E-state index contributed by atoms with van der Waals surface area (Å²) >= 11 is 3.28. The van der Waals surface area contributed by atoms with E-state index in [4.69, 9.17) is 0 Å². The fraction of sp³-hybridized carbons (Fsp3) is 0.188. The van der Waals surface area contributed by atoms with Crippen molar-refractivity contribution in [2.45, 2.75) is 12.8 Å². The Kier molecular flexibility index (Phi) is 4.90. The van der Waals surface area contributed by atoms with E-state index in [1.807, 2.05) is 30.3 Å². The Morgan fingerprint density at radius 1 is 1.15 bits per heavy atom. The third kappa shape index (κ3) is 3.90. The number of hydrogen-bond donors (Lipinski definition) is 1. The van der Waals surface area contributed by atoms with Crippen molar-refractivity contribution in [1.29, 1.82) is 0 Å². The second-order valence-corrected chi connectivity index (χ2v) is 5.52. The highest BCUT2D eigenvalue weighted by Gasteiger charge is 2.19. The highest BCUT2D eigenvalue weighted by Crippen LogP contribution is 2.23. The van der Waals surface area contributed by atoms with Crippen molar-refractivity contribution < 1.29 is 14.3 Å². The molecule has 0 amide bonds. The minimum absolute atomic E-state index is 0.337. The number of carboxylic acids is 1. The van der Waals surface area contributed by atoms with Crippen molar-refractivity contribution in [3.8, 4) is 0 Å². The van der Waals surface area contributed by atoms with Gasteiger partial charge in [-0.3, -0.25) is 4.79 Å². The zero-order valence-corrected chi connectivity index (χ0v) is 12.3. The van der Waals surface area contributed by atoms with Gasteiger partial charge in [-0.25, -0.2) is 4.39 Å². The molecule has 0 aliphatic carbocycles. The molecule has 0 spiro atoms. The van der Waals surface area contributed by atoms with E-state index in [2.05, 4.69) is 15.9 Å². The topological polar surface area (TPSA) is 37.3 Å². The van der Waals surface area contributed by atoms with E-state index < -0.39 is 11.9 Å². The molecule has 0 bridgehead atoms. The van der Waals surface area contributed by atoms with Gasteiger partial charge in [0.05, 0.1) is 5.92 Å². The Morgan fingerprint density at radius 3 is 2.45 bits per heavy atom. The second-order valence-electron chi connectivity index (χ2n) is 4.66. The average Bonchev–Trinajstić information content (AvgIpc) is 2.42. The Hall–Kier alpha value is -1.68. The number of carboxylic acid groups (broad SMARTS) is 1. The summed E-state index contributed by atoms with van der Waals surface area (Å²) in [7, 11) is 0. The summed E-state index contributed by atoms with van der Waals surface area (Å²) in [5.74, 6) is -1.71. The molecule has 0 aliphatic heterocycles. The normalized spacial score (nSPS) is 12.1. The third-order valence-corrected chi connectivity index (χ3v) is 3.89. The first-order valence-corrected chi connectivity index (χ1v) is 7.06. The summed E-state index contributed by atoms with van der Waals surface area (Å²) < 4.78 is 13.7. The number of aliphatic carboxylic acids is 1. The number of hydrogen-bond acceptors (Lipinski definition) is 1. The van der Waals surface area contributed by atoms with Crippen LogP contribution in [0, 0.1) is 11.7 Å². The molecule has 1 unspecified atom stereocenters. The van der Waals surface area contributed by atoms with Gasteiger partial charge >= 0.3 is 5.97 Å². The Balaban J connectivity index is 2.15. The summed E-state index contributed by atoms with van der Waals surface area (Å²) in [4.78, 5) is 11.4. The van der Waals surface area contributed by atoms with Gasteiger partial charge in [0.1, 0.15) is 5.82 Å². The molecule has 2 aromatic carbocycles. The Labute approximate surface area is 125 Å². The lowest BCUT2D eigenvalue weighted by atomic mass is 9.93. The SMILES string of the molecule is O=C(O)C(Cc1ccccc1)Cc1ccc(F)cc1Br. The van der Waals surface area contributed by atoms with Gasteiger partial charge in [-0.2, -0.15) is 0 Å². The molecule has 0 heterocycles. The van der Waals surface area contributed by atoms with Crippen molar-refractivity contribution in [3.05, 3.63) is 69.9 Å². The predicted molar refractivity (Wildman–Crippen MR) is 79.1 cm³/mol. The lowest BCUT2D eigenvalue weighted by Gasteiger charge is -2.13. The van der Waals surface area contributed by atoms with Crippen molar-refractivity contribution in [3.63, 3.8) is 0 Å². The molecule has 0 saturated carbocycles. The highest BCUT2D eigenvalue weighted by molar-refractivity contribution is 9.10. The monoisotopic (exact) mass is 336 g/mol. The maximum absolute atomic E-state index is 13.0. The van der Waals surface area contributed by atoms with Gasteiger partial charge in [-0.15, -0.1) is 0 Å². The molecule has 1 N–H and O–H groups in total. The number of carbonyl (C=O) groups is 1. The molecule has 0 radical (unpaired) electrons. The molecular formula is C16H14BrFO2. The first-order valence-electron chi connectivity index (χ1n) is 6.27. The maximum Gasteiger partial charge on any atom is 0.307 e. The van der Waals surface area contributed by atoms with E-state index in [0.717, 1.165) is 11.1 Å². The first kappa shape index (κ1) is 14.7. The molecule has 104 valence electrons. The fourth-order valence-corrected chi connectivity index (χ4v) is 2.61. The second kappa shape index (κ2) is 6.66. The molecule has 0 aromatic heterocycles. The Bertz CT molecular complexity index is 599. The van der Waals surface area contributed by atoms with Crippen LogP contribution in [0.3, 0.4) is 0 Å². The lowest BCUT2D eigenvalue weighted by molar-refractivity contribution is -0.141. The van der Waals surface area contributed by atoms with Crippen LogP contribution in [0.1, 0.15) is 11.1 Å². The van der Waals surface area contributed by atoms with Gasteiger partial charge in [0.25, 0.3) is 0 Å². The molecule has 0 fully saturated rings. The van der Waals surface area contributed by atoms with E-state index in [1.54, 1.807) is 6.07 Å². The van der Waals surface area contributed by atoms with Crippen molar-refractivity contribution >= 4 is 21.9 Å². The molecule has 2 nitrogen and oxygen atoms in total. The van der Waals surface area contributed by atoms with E-state index in [-0.39, 0.29) is 5.82 Å². The number of halogens is 2. The number of rotatable bonds is 5. The van der Waals surface area contributed by atoms with E-state index in [0.29, 0.717) is 17.3 Å². The van der Waals surface area contributed by atoms with Gasteiger partial charge in [-0.05, 0) is 36.1 Å². The van der Waals surface area contributed by atoms with Crippen molar-refractivity contribution in [2.75, 3.05) is 0 Å². The van der Waals surface area contributed by atoms with Crippen LogP contribution in [-0.2, 0) is 17.6 Å². The summed E-state index contributed by atoms with van der Waals surface area (Å²) in [6.07, 6.45) is 0.824. The van der Waals surface area contributed by atoms with Crippen LogP contribution < -0.4 is 0 Å². The summed E-state index contributed by atoms with van der Waals surface area (Å²) in [5.41, 5.74) is 1.79. The molecule has 20 heavy (non-hydrogen) atoms. The van der Waals surface area contributed by atoms with Gasteiger partial charge in [-0.1, -0.05) is 52.3 Å². The zero-order valence-electron chi connectivity index (χ0n) is 10.7. The molecule has 4 heteroatoms. The summed E-state index contributed by atoms with van der Waals surface area (Å²) in [5, 5.41) is 9.35. The van der Waals surface area contributed by atoms with Crippen LogP contribution in [0.2, 0.25) is 0 Å². The van der Waals surface area contributed by atoms with E-state index >= 15 is 0 Å². The molecule has 1 atom stereocenters. The summed E-state index contributed by atoms with van der Waals surface area (Å²) in [6, 6.07) is 13.8. The van der Waals surface area contributed by atoms with Crippen LogP contribution in [0.25, 0.3) is 0 Å². The Morgan fingerprint density at radius 2 is 1.85 bits per heavy atom. The van der Waals surface area contributed by atoms with Crippen LogP contribution in [0.4, 0.5) is 4.39 Å². The third-order valence-electron chi connectivity index (χ3n) is 3.16. The van der Waals surface area contributed by atoms with Crippen LogP contribution in [-0.4, -0.2) is 11.1 Å². The first-order chi connectivity index (χ1) is 9.56. The number of benzene rings is 2. The summed E-state index contributed by atoms with van der Waals surface area (Å²) in [6.45, 7) is 0. The van der Waals surface area contributed by atoms with Crippen LogP contribution >= 0.6 is 15.9 Å². The predicted octanol–water partition coefficient (Wildman–Crippen LogP) is 4.07. The quantitative estimate of drug-likeness (QED) is 0.893. The van der Waals surface area contributed by atoms with Crippen LogP contribution in [0.5, 0.6) is 0 Å². The van der Waals surface area contributed by atoms with Gasteiger partial charge in [0, 0.05) is 4.47 Å².